The molecular weight excluding hydrogens is 355 g/mol. The first-order valence-electron chi connectivity index (χ1n) is 10.7. The third kappa shape index (κ3) is 7.06. The fourth-order valence-corrected chi connectivity index (χ4v) is 3.58. The van der Waals surface area contributed by atoms with Crippen LogP contribution in [0.2, 0.25) is 0 Å². The molecule has 28 heavy (non-hydrogen) atoms. The third-order valence-electron chi connectivity index (χ3n) is 5.17. The van der Waals surface area contributed by atoms with Crippen LogP contribution in [0.25, 0.3) is 0 Å². The zero-order valence-corrected chi connectivity index (χ0v) is 18.0. The van der Waals surface area contributed by atoms with Gasteiger partial charge in [0.25, 0.3) is 0 Å². The zero-order chi connectivity index (χ0) is 20.4. The molecule has 2 atom stereocenters. The van der Waals surface area contributed by atoms with Crippen LogP contribution in [-0.4, -0.2) is 67.7 Å². The van der Waals surface area contributed by atoms with Gasteiger partial charge < -0.3 is 19.9 Å². The second-order valence-electron chi connectivity index (χ2n) is 7.36. The Bertz CT molecular complexity index is 589. The second kappa shape index (κ2) is 12.0. The van der Waals surface area contributed by atoms with E-state index in [1.165, 1.54) is 18.6 Å². The van der Waals surface area contributed by atoms with E-state index in [9.17, 15) is 4.39 Å². The lowest BCUT2D eigenvalue weighted by atomic mass is 10.1. The van der Waals surface area contributed by atoms with Gasteiger partial charge in [-0.15, -0.1) is 0 Å². The number of halogens is 1. The number of nitrogens with one attached hydrogen (secondary N) is 1. The van der Waals surface area contributed by atoms with Gasteiger partial charge in [-0.05, 0) is 64.0 Å². The first-order chi connectivity index (χ1) is 13.6. The Morgan fingerprint density at radius 1 is 1.18 bits per heavy atom. The summed E-state index contributed by atoms with van der Waals surface area (Å²) in [6.07, 6.45) is 2.28. The van der Waals surface area contributed by atoms with Gasteiger partial charge in [0.15, 0.2) is 5.96 Å². The lowest BCUT2D eigenvalue weighted by Gasteiger charge is -2.38. The molecule has 0 amide bonds. The van der Waals surface area contributed by atoms with Crippen molar-refractivity contribution in [3.8, 4) is 0 Å². The van der Waals surface area contributed by atoms with Gasteiger partial charge in [0, 0.05) is 19.6 Å². The van der Waals surface area contributed by atoms with Crippen molar-refractivity contribution in [2.24, 2.45) is 4.99 Å². The molecule has 0 aliphatic carbocycles. The molecule has 0 aromatic heterocycles. The molecule has 2 rings (SSSR count). The molecular formula is C22H37FN4O. The van der Waals surface area contributed by atoms with E-state index in [4.69, 9.17) is 9.73 Å². The molecule has 1 saturated heterocycles. The first-order valence-corrected chi connectivity index (χ1v) is 10.7. The summed E-state index contributed by atoms with van der Waals surface area (Å²) < 4.78 is 19.4. The molecule has 0 bridgehead atoms. The smallest absolute Gasteiger partial charge is 0.194 e. The molecule has 1 N–H and O–H groups in total. The van der Waals surface area contributed by atoms with Crippen LogP contribution in [-0.2, 0) is 4.74 Å². The molecule has 6 heteroatoms. The van der Waals surface area contributed by atoms with E-state index in [1.807, 2.05) is 12.1 Å². The molecule has 0 saturated carbocycles. The lowest BCUT2D eigenvalue weighted by molar-refractivity contribution is -0.0605. The summed E-state index contributed by atoms with van der Waals surface area (Å²) in [7, 11) is 0. The van der Waals surface area contributed by atoms with Gasteiger partial charge in [0.2, 0.25) is 0 Å². The summed E-state index contributed by atoms with van der Waals surface area (Å²) in [4.78, 5) is 9.58. The monoisotopic (exact) mass is 392 g/mol. The van der Waals surface area contributed by atoms with Gasteiger partial charge in [-0.1, -0.05) is 26.0 Å². The van der Waals surface area contributed by atoms with E-state index in [-0.39, 0.29) is 18.0 Å². The molecule has 0 spiro atoms. The molecule has 1 aromatic carbocycles. The highest BCUT2D eigenvalue weighted by atomic mass is 19.1. The Labute approximate surface area is 170 Å². The number of ether oxygens (including phenoxy) is 1. The van der Waals surface area contributed by atoms with Crippen molar-refractivity contribution < 1.29 is 9.13 Å². The maximum Gasteiger partial charge on any atom is 0.194 e. The van der Waals surface area contributed by atoms with Crippen molar-refractivity contribution >= 4 is 5.96 Å². The lowest BCUT2D eigenvalue weighted by Crippen LogP contribution is -2.50. The summed E-state index contributed by atoms with van der Waals surface area (Å²) >= 11 is 0. The number of aliphatic imine (C=N–C) groups is 1. The molecule has 1 fully saturated rings. The molecule has 1 aliphatic rings. The third-order valence-corrected chi connectivity index (χ3v) is 5.17. The second-order valence-corrected chi connectivity index (χ2v) is 7.36. The van der Waals surface area contributed by atoms with Gasteiger partial charge in [-0.3, -0.25) is 4.99 Å². The van der Waals surface area contributed by atoms with Gasteiger partial charge in [0.1, 0.15) is 11.9 Å². The molecule has 1 aromatic rings. The van der Waals surface area contributed by atoms with Crippen LogP contribution >= 0.6 is 0 Å². The van der Waals surface area contributed by atoms with Gasteiger partial charge in [0.05, 0.1) is 12.6 Å². The Balaban J connectivity index is 1.95. The number of nitrogens with zero attached hydrogens (tertiary/aromatic N) is 3. The standard InChI is InChI=1S/C22H37FN4O/c1-5-24-22(25-14-8-9-15-26(6-2)7-3)27-16-18(4)28-21(17-27)19-10-12-20(23)13-11-19/h10-13,18,21H,5-9,14-17H2,1-4H3,(H,24,25). The van der Waals surface area contributed by atoms with E-state index in [0.717, 1.165) is 63.8 Å². The normalized spacial score (nSPS) is 20.6. The average molecular weight is 393 g/mol. The van der Waals surface area contributed by atoms with Crippen molar-refractivity contribution in [2.45, 2.75) is 52.7 Å². The van der Waals surface area contributed by atoms with Crippen LogP contribution in [0, 0.1) is 5.82 Å². The highest BCUT2D eigenvalue weighted by molar-refractivity contribution is 5.80. The van der Waals surface area contributed by atoms with Gasteiger partial charge >= 0.3 is 0 Å². The van der Waals surface area contributed by atoms with Gasteiger partial charge in [-0.25, -0.2) is 4.39 Å². The number of rotatable bonds is 9. The maximum atomic E-state index is 13.2. The maximum absolute atomic E-state index is 13.2. The fourth-order valence-electron chi connectivity index (χ4n) is 3.58. The SMILES string of the molecule is CCNC(=NCCCCN(CC)CC)N1CC(C)OC(c2ccc(F)cc2)C1. The topological polar surface area (TPSA) is 40.1 Å². The van der Waals surface area contributed by atoms with Gasteiger partial charge in [-0.2, -0.15) is 0 Å². The molecule has 2 unspecified atom stereocenters. The number of unbranched alkanes of at least 4 members (excludes halogenated alkanes) is 1. The van der Waals surface area contributed by atoms with Crippen molar-refractivity contribution in [3.05, 3.63) is 35.6 Å². The highest BCUT2D eigenvalue weighted by Crippen LogP contribution is 2.25. The minimum absolute atomic E-state index is 0.0733. The Kier molecular flexibility index (Phi) is 9.71. The summed E-state index contributed by atoms with van der Waals surface area (Å²) in [5.74, 6) is 0.733. The molecule has 158 valence electrons. The molecule has 1 aliphatic heterocycles. The Morgan fingerprint density at radius 2 is 1.89 bits per heavy atom. The summed E-state index contributed by atoms with van der Waals surface area (Å²) in [6, 6.07) is 6.62. The fraction of sp³-hybridized carbons (Fsp3) is 0.682. The molecule has 0 radical (unpaired) electrons. The number of guanidine groups is 1. The minimum atomic E-state index is -0.218. The van der Waals surface area contributed by atoms with E-state index >= 15 is 0 Å². The van der Waals surface area contributed by atoms with Crippen LogP contribution in [0.1, 0.15) is 52.2 Å². The summed E-state index contributed by atoms with van der Waals surface area (Å²) in [5, 5.41) is 3.43. The quantitative estimate of drug-likeness (QED) is 0.395. The average Bonchev–Trinajstić information content (AvgIpc) is 2.70. The predicted octanol–water partition coefficient (Wildman–Crippen LogP) is 3.68. The zero-order valence-electron chi connectivity index (χ0n) is 18.0. The van der Waals surface area contributed by atoms with Crippen LogP contribution in [0.3, 0.4) is 0 Å². The number of benzene rings is 1. The number of hydrogen-bond donors (Lipinski definition) is 1. The van der Waals surface area contributed by atoms with Crippen LogP contribution in [0.4, 0.5) is 4.39 Å². The summed E-state index contributed by atoms with van der Waals surface area (Å²) in [5.41, 5.74) is 1.01. The Hall–Kier alpha value is -1.66. The van der Waals surface area contributed by atoms with E-state index in [0.29, 0.717) is 0 Å². The first kappa shape index (κ1) is 22.6. The van der Waals surface area contributed by atoms with Crippen molar-refractivity contribution in [1.29, 1.82) is 0 Å². The highest BCUT2D eigenvalue weighted by Gasteiger charge is 2.28. The van der Waals surface area contributed by atoms with Crippen molar-refractivity contribution in [2.75, 3.05) is 45.8 Å². The molecule has 5 nitrogen and oxygen atoms in total. The van der Waals surface area contributed by atoms with E-state index in [1.54, 1.807) is 0 Å². The van der Waals surface area contributed by atoms with E-state index in [2.05, 4.69) is 42.8 Å². The predicted molar refractivity (Wildman–Crippen MR) is 114 cm³/mol. The minimum Gasteiger partial charge on any atom is -0.367 e. The van der Waals surface area contributed by atoms with Crippen LogP contribution in [0.5, 0.6) is 0 Å². The summed E-state index contributed by atoms with van der Waals surface area (Å²) in [6.45, 7) is 15.2. The number of morpholine rings is 1. The van der Waals surface area contributed by atoms with Crippen LogP contribution in [0.15, 0.2) is 29.3 Å². The van der Waals surface area contributed by atoms with Crippen LogP contribution < -0.4 is 5.32 Å². The largest absolute Gasteiger partial charge is 0.367 e. The number of hydrogen-bond acceptors (Lipinski definition) is 3. The Morgan fingerprint density at radius 3 is 2.54 bits per heavy atom. The van der Waals surface area contributed by atoms with E-state index < -0.39 is 0 Å². The van der Waals surface area contributed by atoms with Crippen molar-refractivity contribution in [1.82, 2.24) is 15.1 Å². The van der Waals surface area contributed by atoms with Crippen molar-refractivity contribution in [3.63, 3.8) is 0 Å². The molecule has 1 heterocycles.